The lowest BCUT2D eigenvalue weighted by Crippen LogP contribution is -2.35. The number of nitrogens with zero attached hydrogens (tertiary/aromatic N) is 5. The highest BCUT2D eigenvalue weighted by Gasteiger charge is 2.26. The van der Waals surface area contributed by atoms with E-state index < -0.39 is 11.6 Å². The van der Waals surface area contributed by atoms with Gasteiger partial charge in [-0.25, -0.2) is 13.8 Å². The molecule has 2 aromatic heterocycles. The molecule has 0 radical (unpaired) electrons. The number of halogens is 2. The number of aromatic nitrogens is 4. The van der Waals surface area contributed by atoms with Gasteiger partial charge in [0.2, 0.25) is 0 Å². The molecule has 26 heavy (non-hydrogen) atoms. The van der Waals surface area contributed by atoms with Crippen molar-refractivity contribution in [3.63, 3.8) is 0 Å². The van der Waals surface area contributed by atoms with Gasteiger partial charge in [-0.05, 0) is 50.3 Å². The van der Waals surface area contributed by atoms with E-state index in [-0.39, 0.29) is 11.1 Å². The predicted octanol–water partition coefficient (Wildman–Crippen LogP) is 3.92. The summed E-state index contributed by atoms with van der Waals surface area (Å²) in [7, 11) is 0. The van der Waals surface area contributed by atoms with Crippen LogP contribution in [0.2, 0.25) is 0 Å². The zero-order chi connectivity index (χ0) is 18.4. The second-order valence-corrected chi connectivity index (χ2v) is 7.12. The molecule has 0 saturated carbocycles. The van der Waals surface area contributed by atoms with Crippen LogP contribution in [0.4, 0.5) is 14.6 Å². The third-order valence-electron chi connectivity index (χ3n) is 5.18. The minimum Gasteiger partial charge on any atom is -0.356 e. The molecule has 3 heterocycles. The van der Waals surface area contributed by atoms with Gasteiger partial charge in [0.25, 0.3) is 5.78 Å². The predicted molar refractivity (Wildman–Crippen MR) is 96.2 cm³/mol. The van der Waals surface area contributed by atoms with Crippen LogP contribution in [0.3, 0.4) is 0 Å². The summed E-state index contributed by atoms with van der Waals surface area (Å²) in [5.74, 6) is 0.960. The van der Waals surface area contributed by atoms with Gasteiger partial charge in [-0.15, -0.1) is 0 Å². The summed E-state index contributed by atoms with van der Waals surface area (Å²) in [6, 6.07) is 2.49. The highest BCUT2D eigenvalue weighted by Crippen LogP contribution is 2.37. The summed E-state index contributed by atoms with van der Waals surface area (Å²) in [5.41, 5.74) is 1.69. The molecule has 4 rings (SSSR count). The molecule has 1 aliphatic heterocycles. The van der Waals surface area contributed by atoms with Crippen molar-refractivity contribution >= 4 is 11.6 Å². The van der Waals surface area contributed by atoms with Gasteiger partial charge in [0.1, 0.15) is 23.8 Å². The van der Waals surface area contributed by atoms with Gasteiger partial charge in [-0.3, -0.25) is 0 Å². The van der Waals surface area contributed by atoms with Crippen molar-refractivity contribution in [1.82, 2.24) is 19.6 Å². The number of benzene rings is 1. The maximum atomic E-state index is 14.8. The van der Waals surface area contributed by atoms with Crippen molar-refractivity contribution in [3.8, 4) is 11.1 Å². The lowest BCUT2D eigenvalue weighted by Gasteiger charge is -2.33. The number of rotatable bonds is 2. The van der Waals surface area contributed by atoms with Crippen LogP contribution in [0.5, 0.6) is 0 Å². The van der Waals surface area contributed by atoms with Gasteiger partial charge in [-0.1, -0.05) is 6.92 Å². The molecule has 0 unspecified atom stereocenters. The van der Waals surface area contributed by atoms with Gasteiger partial charge < -0.3 is 4.90 Å². The minimum absolute atomic E-state index is 0.212. The summed E-state index contributed by atoms with van der Waals surface area (Å²) in [5, 5.41) is 4.29. The van der Waals surface area contributed by atoms with E-state index in [1.165, 1.54) is 18.5 Å². The van der Waals surface area contributed by atoms with E-state index in [1.807, 2.05) is 0 Å². The Morgan fingerprint density at radius 2 is 1.81 bits per heavy atom. The third kappa shape index (κ3) is 2.71. The molecule has 1 fully saturated rings. The van der Waals surface area contributed by atoms with Crippen molar-refractivity contribution < 1.29 is 8.78 Å². The largest absolute Gasteiger partial charge is 0.356 e. The second-order valence-electron chi connectivity index (χ2n) is 7.12. The molecule has 1 saturated heterocycles. The van der Waals surface area contributed by atoms with Crippen molar-refractivity contribution in [3.05, 3.63) is 41.4 Å². The molecule has 0 N–H and O–H groups in total. The van der Waals surface area contributed by atoms with Crippen LogP contribution in [-0.2, 0) is 0 Å². The highest BCUT2D eigenvalue weighted by atomic mass is 19.1. The van der Waals surface area contributed by atoms with Gasteiger partial charge in [-0.2, -0.15) is 14.6 Å². The fourth-order valence-corrected chi connectivity index (χ4v) is 3.60. The average molecular weight is 357 g/mol. The van der Waals surface area contributed by atoms with E-state index in [4.69, 9.17) is 0 Å². The summed E-state index contributed by atoms with van der Waals surface area (Å²) in [6.07, 6.45) is 3.52. The first-order valence-electron chi connectivity index (χ1n) is 8.87. The number of hydrogen-bond donors (Lipinski definition) is 0. The van der Waals surface area contributed by atoms with Crippen LogP contribution in [0.15, 0.2) is 18.5 Å². The zero-order valence-electron chi connectivity index (χ0n) is 15.1. The molecule has 1 aliphatic rings. The Bertz CT molecular complexity index is 974. The molecule has 136 valence electrons. The molecule has 5 nitrogen and oxygen atoms in total. The van der Waals surface area contributed by atoms with Gasteiger partial charge in [0.05, 0.1) is 5.69 Å². The SMILES string of the molecule is Cc1cc(F)c(-c2c(C)nc3ncnn3c2N2CCC(C)CC2)cc1F. The average Bonchev–Trinajstić information content (AvgIpc) is 3.06. The van der Waals surface area contributed by atoms with Gasteiger partial charge in [0.15, 0.2) is 0 Å². The molecule has 0 spiro atoms. The Hall–Kier alpha value is -2.57. The minimum atomic E-state index is -0.458. The molecule has 0 atom stereocenters. The van der Waals surface area contributed by atoms with Crippen molar-refractivity contribution in [2.75, 3.05) is 18.0 Å². The quantitative estimate of drug-likeness (QED) is 0.697. The van der Waals surface area contributed by atoms with Crippen LogP contribution >= 0.6 is 0 Å². The van der Waals surface area contributed by atoms with Crippen LogP contribution in [0, 0.1) is 31.4 Å². The third-order valence-corrected chi connectivity index (χ3v) is 5.18. The van der Waals surface area contributed by atoms with Crippen molar-refractivity contribution in [2.45, 2.75) is 33.6 Å². The molecule has 1 aromatic carbocycles. The van der Waals surface area contributed by atoms with Crippen LogP contribution < -0.4 is 4.90 Å². The van der Waals surface area contributed by atoms with Crippen molar-refractivity contribution in [1.29, 1.82) is 0 Å². The van der Waals surface area contributed by atoms with E-state index in [1.54, 1.807) is 18.4 Å². The molecule has 0 amide bonds. The van der Waals surface area contributed by atoms with E-state index in [9.17, 15) is 8.78 Å². The standard InChI is InChI=1S/C19H21F2N5/c1-11-4-6-25(7-5-11)18-17(13(3)24-19-22-10-23-26(18)19)14-9-15(20)12(2)8-16(14)21/h8-11H,4-7H2,1-3H3. The lowest BCUT2D eigenvalue weighted by molar-refractivity contribution is 0.435. The monoisotopic (exact) mass is 357 g/mol. The summed E-state index contributed by atoms with van der Waals surface area (Å²) < 4.78 is 30.6. The normalized spacial score (nSPS) is 15.8. The molecular weight excluding hydrogens is 336 g/mol. The molecular formula is C19H21F2N5. The fraction of sp³-hybridized carbons (Fsp3) is 0.421. The molecule has 0 bridgehead atoms. The summed E-state index contributed by atoms with van der Waals surface area (Å²) in [4.78, 5) is 10.8. The number of hydrogen-bond acceptors (Lipinski definition) is 4. The fourth-order valence-electron chi connectivity index (χ4n) is 3.60. The Morgan fingerprint density at radius 1 is 1.08 bits per heavy atom. The zero-order valence-corrected chi connectivity index (χ0v) is 15.1. The topological polar surface area (TPSA) is 46.3 Å². The first kappa shape index (κ1) is 16.9. The van der Waals surface area contributed by atoms with Gasteiger partial charge in [0, 0.05) is 24.2 Å². The molecule has 7 heteroatoms. The van der Waals surface area contributed by atoms with Crippen molar-refractivity contribution in [2.24, 2.45) is 5.92 Å². The Kier molecular flexibility index (Phi) is 4.09. The summed E-state index contributed by atoms with van der Waals surface area (Å²) in [6.45, 7) is 7.26. The smallest absolute Gasteiger partial charge is 0.254 e. The Balaban J connectivity index is 1.98. The van der Waals surface area contributed by atoms with E-state index >= 15 is 0 Å². The molecule has 3 aromatic rings. The first-order chi connectivity index (χ1) is 12.5. The van der Waals surface area contributed by atoms with E-state index in [2.05, 4.69) is 26.9 Å². The van der Waals surface area contributed by atoms with E-state index in [0.717, 1.165) is 31.7 Å². The maximum Gasteiger partial charge on any atom is 0.254 e. The first-order valence-corrected chi connectivity index (χ1v) is 8.87. The summed E-state index contributed by atoms with van der Waals surface area (Å²) >= 11 is 0. The number of fused-ring (bicyclic) bond motifs is 1. The lowest BCUT2D eigenvalue weighted by atomic mass is 9.97. The van der Waals surface area contributed by atoms with Gasteiger partial charge >= 0.3 is 0 Å². The Labute approximate surface area is 150 Å². The highest BCUT2D eigenvalue weighted by molar-refractivity contribution is 5.80. The Morgan fingerprint density at radius 3 is 2.54 bits per heavy atom. The number of aryl methyl sites for hydroxylation is 2. The number of piperidine rings is 1. The molecule has 0 aliphatic carbocycles. The number of anilines is 1. The maximum absolute atomic E-state index is 14.8. The second kappa shape index (κ2) is 6.30. The van der Waals surface area contributed by atoms with E-state index in [0.29, 0.717) is 23.0 Å². The van der Waals surface area contributed by atoms with Crippen LogP contribution in [0.25, 0.3) is 16.9 Å². The van der Waals surface area contributed by atoms with Crippen LogP contribution in [-0.4, -0.2) is 32.7 Å². The van der Waals surface area contributed by atoms with Crippen LogP contribution in [0.1, 0.15) is 31.0 Å².